The summed E-state index contributed by atoms with van der Waals surface area (Å²) in [5.41, 5.74) is 0. The second-order valence-corrected chi connectivity index (χ2v) is 4.25. The van der Waals surface area contributed by atoms with E-state index in [4.69, 9.17) is 14.2 Å². The first-order valence-corrected chi connectivity index (χ1v) is 5.60. The molecule has 17 heavy (non-hydrogen) atoms. The highest BCUT2D eigenvalue weighted by Gasteiger charge is 2.51. The van der Waals surface area contributed by atoms with Gasteiger partial charge in [-0.15, -0.1) is 0 Å². The minimum Gasteiger partial charge on any atom is -0.462 e. The zero-order valence-corrected chi connectivity index (χ0v) is 9.10. The first kappa shape index (κ1) is 11.0. The Kier molecular flexibility index (Phi) is 2.76. The monoisotopic (exact) mass is 238 g/mol. The van der Waals surface area contributed by atoms with Crippen LogP contribution in [0.15, 0.2) is 30.3 Å². The number of para-hydroxylation sites is 1. The zero-order chi connectivity index (χ0) is 11.8. The molecule has 2 aliphatic rings. The topological polar surface area (TPSA) is 68.2 Å². The van der Waals surface area contributed by atoms with Crippen molar-refractivity contribution in [2.45, 2.75) is 30.7 Å². The van der Waals surface area contributed by atoms with Crippen molar-refractivity contribution in [1.82, 2.24) is 0 Å². The first-order valence-electron chi connectivity index (χ1n) is 5.60. The molecule has 2 bridgehead atoms. The van der Waals surface area contributed by atoms with Crippen molar-refractivity contribution in [2.24, 2.45) is 0 Å². The van der Waals surface area contributed by atoms with Crippen LogP contribution in [0.5, 0.6) is 5.75 Å². The van der Waals surface area contributed by atoms with Gasteiger partial charge < -0.3 is 24.4 Å². The molecule has 2 N–H and O–H groups in total. The molecular formula is C12H14O5. The fraction of sp³-hybridized carbons (Fsp3) is 0.500. The smallest absolute Gasteiger partial charge is 0.229 e. The maximum Gasteiger partial charge on any atom is 0.229 e. The molecule has 2 heterocycles. The first-order chi connectivity index (χ1) is 8.25. The molecule has 0 radical (unpaired) electrons. The van der Waals surface area contributed by atoms with Crippen molar-refractivity contribution in [3.8, 4) is 5.75 Å². The lowest BCUT2D eigenvalue weighted by atomic mass is 10.0. The molecule has 1 aromatic carbocycles. The van der Waals surface area contributed by atoms with Gasteiger partial charge in [0.2, 0.25) is 6.29 Å². The number of rotatable bonds is 2. The molecule has 0 aliphatic carbocycles. The lowest BCUT2D eigenvalue weighted by molar-refractivity contribution is -0.231. The van der Waals surface area contributed by atoms with Crippen molar-refractivity contribution < 1.29 is 24.4 Å². The molecule has 0 spiro atoms. The van der Waals surface area contributed by atoms with Gasteiger partial charge in [-0.25, -0.2) is 0 Å². The van der Waals surface area contributed by atoms with Crippen LogP contribution in [0.4, 0.5) is 0 Å². The predicted molar refractivity (Wildman–Crippen MR) is 57.5 cm³/mol. The van der Waals surface area contributed by atoms with Crippen molar-refractivity contribution in [2.75, 3.05) is 6.61 Å². The van der Waals surface area contributed by atoms with E-state index >= 15 is 0 Å². The third-order valence-corrected chi connectivity index (χ3v) is 3.09. The quantitative estimate of drug-likeness (QED) is 0.753. The summed E-state index contributed by atoms with van der Waals surface area (Å²) in [5.74, 6) is 0.618. The molecular weight excluding hydrogens is 224 g/mol. The molecule has 0 unspecified atom stereocenters. The Morgan fingerprint density at radius 2 is 1.88 bits per heavy atom. The Morgan fingerprint density at radius 3 is 2.65 bits per heavy atom. The number of benzene rings is 1. The molecule has 3 rings (SSSR count). The van der Waals surface area contributed by atoms with E-state index < -0.39 is 30.7 Å². The second kappa shape index (κ2) is 4.27. The summed E-state index contributed by atoms with van der Waals surface area (Å²) in [6.45, 7) is 0.289. The Labute approximate surface area is 98.5 Å². The lowest BCUT2D eigenvalue weighted by Gasteiger charge is -2.34. The molecule has 92 valence electrons. The van der Waals surface area contributed by atoms with Crippen LogP contribution in [0.3, 0.4) is 0 Å². The van der Waals surface area contributed by atoms with Crippen molar-refractivity contribution in [3.63, 3.8) is 0 Å². The van der Waals surface area contributed by atoms with Crippen LogP contribution in [-0.4, -0.2) is 47.5 Å². The van der Waals surface area contributed by atoms with Crippen LogP contribution in [0.1, 0.15) is 0 Å². The average molecular weight is 238 g/mol. The van der Waals surface area contributed by atoms with E-state index in [1.807, 2.05) is 18.2 Å². The molecule has 0 aromatic heterocycles. The normalized spacial score (nSPS) is 40.2. The second-order valence-electron chi connectivity index (χ2n) is 4.25. The van der Waals surface area contributed by atoms with Gasteiger partial charge in [0.15, 0.2) is 0 Å². The average Bonchev–Trinajstić information content (AvgIpc) is 2.61. The Balaban J connectivity index is 1.73. The Hall–Kier alpha value is -1.14. The Bertz CT molecular complexity index is 382. The van der Waals surface area contributed by atoms with Gasteiger partial charge in [0, 0.05) is 0 Å². The minimum atomic E-state index is -0.982. The molecule has 2 saturated heterocycles. The van der Waals surface area contributed by atoms with Gasteiger partial charge >= 0.3 is 0 Å². The highest BCUT2D eigenvalue weighted by molar-refractivity contribution is 5.21. The highest BCUT2D eigenvalue weighted by atomic mass is 16.7. The maximum absolute atomic E-state index is 9.95. The molecule has 0 saturated carbocycles. The van der Waals surface area contributed by atoms with E-state index in [2.05, 4.69) is 0 Å². The van der Waals surface area contributed by atoms with Gasteiger partial charge in [0.1, 0.15) is 30.2 Å². The van der Waals surface area contributed by atoms with Gasteiger partial charge in [-0.2, -0.15) is 0 Å². The van der Waals surface area contributed by atoms with Crippen molar-refractivity contribution >= 4 is 0 Å². The van der Waals surface area contributed by atoms with E-state index in [-0.39, 0.29) is 6.61 Å². The van der Waals surface area contributed by atoms with Crippen LogP contribution in [0, 0.1) is 0 Å². The summed E-state index contributed by atoms with van der Waals surface area (Å²) < 4.78 is 16.3. The van der Waals surface area contributed by atoms with E-state index in [9.17, 15) is 10.2 Å². The molecule has 5 nitrogen and oxygen atoms in total. The number of fused-ring (bicyclic) bond motifs is 2. The van der Waals surface area contributed by atoms with Gasteiger partial charge in [0.05, 0.1) is 6.61 Å². The number of aliphatic hydroxyl groups excluding tert-OH is 2. The van der Waals surface area contributed by atoms with E-state index in [0.29, 0.717) is 5.75 Å². The van der Waals surface area contributed by atoms with E-state index in [1.165, 1.54) is 0 Å². The number of ether oxygens (including phenoxy) is 3. The third kappa shape index (κ3) is 1.91. The Morgan fingerprint density at radius 1 is 1.12 bits per heavy atom. The van der Waals surface area contributed by atoms with Crippen molar-refractivity contribution in [1.29, 1.82) is 0 Å². The maximum atomic E-state index is 9.95. The van der Waals surface area contributed by atoms with E-state index in [0.717, 1.165) is 0 Å². The SMILES string of the molecule is O[C@H]1[C@H](Oc2ccccc2)O[C@@H]2CO[C@H]1[C@@H]2O. The highest BCUT2D eigenvalue weighted by Crippen LogP contribution is 2.30. The van der Waals surface area contributed by atoms with Gasteiger partial charge in [0.25, 0.3) is 0 Å². The van der Waals surface area contributed by atoms with Gasteiger partial charge in [-0.1, -0.05) is 18.2 Å². The summed E-state index contributed by atoms with van der Waals surface area (Å²) in [7, 11) is 0. The van der Waals surface area contributed by atoms with Crippen LogP contribution in [-0.2, 0) is 9.47 Å². The summed E-state index contributed by atoms with van der Waals surface area (Å²) in [6, 6.07) is 9.12. The lowest BCUT2D eigenvalue weighted by Crippen LogP contribution is -2.55. The third-order valence-electron chi connectivity index (χ3n) is 3.09. The molecule has 5 heteroatoms. The molecule has 2 aliphatic heterocycles. The van der Waals surface area contributed by atoms with E-state index in [1.54, 1.807) is 12.1 Å². The standard InChI is InChI=1S/C12H14O5/c13-9-8-6-15-11(9)10(14)12(17-8)16-7-4-2-1-3-5-7/h1-5,8-14H,6H2/t8-,9-,10-,11+,12-/m1/s1. The largest absolute Gasteiger partial charge is 0.462 e. The zero-order valence-electron chi connectivity index (χ0n) is 9.10. The molecule has 2 fully saturated rings. The minimum absolute atomic E-state index is 0.289. The summed E-state index contributed by atoms with van der Waals surface area (Å²) in [5, 5.41) is 19.6. The number of hydrogen-bond acceptors (Lipinski definition) is 5. The van der Waals surface area contributed by atoms with Crippen LogP contribution in [0.2, 0.25) is 0 Å². The molecule has 1 aromatic rings. The molecule has 5 atom stereocenters. The fourth-order valence-corrected chi connectivity index (χ4v) is 2.17. The van der Waals surface area contributed by atoms with Crippen LogP contribution >= 0.6 is 0 Å². The van der Waals surface area contributed by atoms with Gasteiger partial charge in [-0.05, 0) is 12.1 Å². The molecule has 0 amide bonds. The summed E-state index contributed by atoms with van der Waals surface area (Å²) in [6.07, 6.45) is -3.59. The van der Waals surface area contributed by atoms with Crippen LogP contribution < -0.4 is 4.74 Å². The number of aliphatic hydroxyl groups is 2. The van der Waals surface area contributed by atoms with Crippen LogP contribution in [0.25, 0.3) is 0 Å². The summed E-state index contributed by atoms with van der Waals surface area (Å²) >= 11 is 0. The fourth-order valence-electron chi connectivity index (χ4n) is 2.17. The van der Waals surface area contributed by atoms with Gasteiger partial charge in [-0.3, -0.25) is 0 Å². The summed E-state index contributed by atoms with van der Waals surface area (Å²) in [4.78, 5) is 0. The predicted octanol–water partition coefficient (Wildman–Crippen LogP) is -0.0891. The number of hydrogen-bond donors (Lipinski definition) is 2. The van der Waals surface area contributed by atoms with Crippen molar-refractivity contribution in [3.05, 3.63) is 30.3 Å².